The summed E-state index contributed by atoms with van der Waals surface area (Å²) in [6.45, 7) is 5.30. The summed E-state index contributed by atoms with van der Waals surface area (Å²) >= 11 is 3.19. The molecule has 1 saturated carbocycles. The van der Waals surface area contributed by atoms with E-state index in [9.17, 15) is 18.8 Å². The Labute approximate surface area is 183 Å². The van der Waals surface area contributed by atoms with Crippen molar-refractivity contribution in [2.45, 2.75) is 70.2 Å². The maximum Gasteiger partial charge on any atom is 0.411 e. The van der Waals surface area contributed by atoms with Crippen LogP contribution in [0.2, 0.25) is 0 Å². The molecule has 9 heteroatoms. The van der Waals surface area contributed by atoms with Crippen molar-refractivity contribution in [1.29, 1.82) is 0 Å². The number of nitrogens with two attached hydrogens (primary N) is 1. The van der Waals surface area contributed by atoms with Crippen molar-refractivity contribution in [2.24, 2.45) is 11.7 Å². The Morgan fingerprint density at radius 1 is 1.33 bits per heavy atom. The van der Waals surface area contributed by atoms with E-state index < -0.39 is 41.4 Å². The number of piperidine rings is 1. The van der Waals surface area contributed by atoms with Gasteiger partial charge in [0.25, 0.3) is 0 Å². The predicted molar refractivity (Wildman–Crippen MR) is 112 cm³/mol. The second-order valence-electron chi connectivity index (χ2n) is 8.96. The van der Waals surface area contributed by atoms with E-state index in [1.807, 2.05) is 0 Å². The number of carbonyl (C=O) groups is 3. The molecule has 3 N–H and O–H groups in total. The van der Waals surface area contributed by atoms with Gasteiger partial charge in [-0.3, -0.25) is 14.5 Å². The van der Waals surface area contributed by atoms with Crippen LogP contribution >= 0.6 is 15.9 Å². The number of ether oxygens (including phenoxy) is 1. The summed E-state index contributed by atoms with van der Waals surface area (Å²) in [5.41, 5.74) is 5.05. The summed E-state index contributed by atoms with van der Waals surface area (Å²) in [6.07, 6.45) is 1.75. The number of amides is 3. The summed E-state index contributed by atoms with van der Waals surface area (Å²) in [6, 6.07) is 2.60. The molecular weight excluding hydrogens is 457 g/mol. The minimum atomic E-state index is -1.09. The van der Waals surface area contributed by atoms with Gasteiger partial charge in [-0.25, -0.2) is 9.18 Å². The molecule has 1 aliphatic carbocycles. The number of halogens is 2. The van der Waals surface area contributed by atoms with E-state index in [4.69, 9.17) is 10.5 Å². The number of rotatable bonds is 5. The molecule has 1 heterocycles. The Bertz CT molecular complexity index is 857. The van der Waals surface area contributed by atoms with Gasteiger partial charge in [-0.1, -0.05) is 22.0 Å². The van der Waals surface area contributed by atoms with Crippen molar-refractivity contribution in [1.82, 2.24) is 10.2 Å². The fourth-order valence-electron chi connectivity index (χ4n) is 4.29. The first-order valence-electron chi connectivity index (χ1n) is 10.0. The molecule has 4 atom stereocenters. The van der Waals surface area contributed by atoms with E-state index in [0.29, 0.717) is 4.47 Å². The number of carbonyl (C=O) groups excluding carboxylic acids is 3. The summed E-state index contributed by atoms with van der Waals surface area (Å²) in [7, 11) is 0. The van der Waals surface area contributed by atoms with E-state index in [-0.39, 0.29) is 23.9 Å². The van der Waals surface area contributed by atoms with Crippen molar-refractivity contribution in [3.8, 4) is 0 Å². The van der Waals surface area contributed by atoms with Crippen molar-refractivity contribution < 1.29 is 23.5 Å². The van der Waals surface area contributed by atoms with Crippen molar-refractivity contribution in [3.05, 3.63) is 34.1 Å². The molecule has 0 unspecified atom stereocenters. The summed E-state index contributed by atoms with van der Waals surface area (Å²) in [5.74, 6) is -1.73. The van der Waals surface area contributed by atoms with Gasteiger partial charge >= 0.3 is 6.09 Å². The molecule has 2 aliphatic rings. The normalized spacial score (nSPS) is 23.9. The second kappa shape index (κ2) is 8.53. The van der Waals surface area contributed by atoms with Crippen LogP contribution < -0.4 is 11.1 Å². The van der Waals surface area contributed by atoms with Crippen LogP contribution in [0.4, 0.5) is 9.18 Å². The number of hydrogen-bond donors (Lipinski definition) is 2. The van der Waals surface area contributed by atoms with Gasteiger partial charge in [0.05, 0.1) is 0 Å². The molecule has 3 amide bonds. The lowest BCUT2D eigenvalue weighted by molar-refractivity contribution is -0.132. The zero-order valence-corrected chi connectivity index (χ0v) is 18.9. The van der Waals surface area contributed by atoms with Crippen LogP contribution in [0.25, 0.3) is 0 Å². The highest BCUT2D eigenvalue weighted by Crippen LogP contribution is 2.43. The van der Waals surface area contributed by atoms with Crippen LogP contribution in [0, 0.1) is 11.7 Å². The van der Waals surface area contributed by atoms with E-state index in [2.05, 4.69) is 21.2 Å². The highest BCUT2D eigenvalue weighted by Gasteiger charge is 2.52. The van der Waals surface area contributed by atoms with Gasteiger partial charge in [0.15, 0.2) is 0 Å². The van der Waals surface area contributed by atoms with Gasteiger partial charge in [-0.15, -0.1) is 0 Å². The van der Waals surface area contributed by atoms with Gasteiger partial charge in [-0.2, -0.15) is 0 Å². The van der Waals surface area contributed by atoms with Gasteiger partial charge < -0.3 is 15.8 Å². The largest absolute Gasteiger partial charge is 0.444 e. The Kier molecular flexibility index (Phi) is 6.40. The lowest BCUT2D eigenvalue weighted by atomic mass is 9.97. The summed E-state index contributed by atoms with van der Waals surface area (Å²) in [4.78, 5) is 39.3. The Morgan fingerprint density at radius 3 is 2.63 bits per heavy atom. The third kappa shape index (κ3) is 4.94. The quantitative estimate of drug-likeness (QED) is 0.671. The molecule has 2 bridgehead atoms. The van der Waals surface area contributed by atoms with Gasteiger partial charge in [0, 0.05) is 16.9 Å². The number of likely N-dealkylation sites (tertiary alicyclic amines) is 1. The molecule has 2 fully saturated rings. The van der Waals surface area contributed by atoms with Gasteiger partial charge in [-0.05, 0) is 63.6 Å². The van der Waals surface area contributed by atoms with Crippen LogP contribution in [0.5, 0.6) is 0 Å². The van der Waals surface area contributed by atoms with Gasteiger partial charge in [0.1, 0.15) is 23.5 Å². The Hall–Kier alpha value is -2.16. The van der Waals surface area contributed by atoms with Crippen LogP contribution in [0.1, 0.15) is 45.6 Å². The lowest BCUT2D eigenvalue weighted by Crippen LogP contribution is -2.57. The minimum absolute atomic E-state index is 0.000427. The first kappa shape index (κ1) is 22.5. The van der Waals surface area contributed by atoms with E-state index in [1.165, 1.54) is 17.0 Å². The van der Waals surface area contributed by atoms with Crippen LogP contribution in [-0.4, -0.2) is 46.5 Å². The molecule has 1 aliphatic heterocycles. The number of benzene rings is 1. The van der Waals surface area contributed by atoms with E-state index >= 15 is 0 Å². The monoisotopic (exact) mass is 483 g/mol. The predicted octanol–water partition coefficient (Wildman–Crippen LogP) is 2.89. The first-order chi connectivity index (χ1) is 14.0. The van der Waals surface area contributed by atoms with Crippen LogP contribution in [0.3, 0.4) is 0 Å². The van der Waals surface area contributed by atoms with Crippen LogP contribution in [0.15, 0.2) is 22.7 Å². The molecular formula is C21H27BrFN3O4. The second-order valence-corrected chi connectivity index (χ2v) is 9.88. The fraction of sp³-hybridized carbons (Fsp3) is 0.571. The Morgan fingerprint density at radius 2 is 2.03 bits per heavy atom. The molecule has 7 nitrogen and oxygen atoms in total. The molecule has 3 rings (SSSR count). The van der Waals surface area contributed by atoms with Crippen molar-refractivity contribution >= 4 is 33.8 Å². The number of fused-ring (bicyclic) bond motifs is 2. The SMILES string of the molecule is CC(C)(C)OC(=O)N1[C@@H]2CC[C@@H](C2)[C@H]1C(=O)N[C@@H](Cc1ccc(Br)cc1F)C(N)=O. The molecule has 164 valence electrons. The number of primary amides is 1. The highest BCUT2D eigenvalue weighted by molar-refractivity contribution is 9.10. The number of nitrogens with zero attached hydrogens (tertiary/aromatic N) is 1. The molecule has 1 aromatic carbocycles. The zero-order valence-electron chi connectivity index (χ0n) is 17.3. The first-order valence-corrected chi connectivity index (χ1v) is 10.8. The average Bonchev–Trinajstić information content (AvgIpc) is 3.22. The summed E-state index contributed by atoms with van der Waals surface area (Å²) < 4.78 is 20.3. The number of nitrogens with one attached hydrogen (secondary N) is 1. The number of hydrogen-bond acceptors (Lipinski definition) is 4. The molecule has 0 radical (unpaired) electrons. The molecule has 0 spiro atoms. The fourth-order valence-corrected chi connectivity index (χ4v) is 4.62. The van der Waals surface area contributed by atoms with E-state index in [0.717, 1.165) is 19.3 Å². The van der Waals surface area contributed by atoms with E-state index in [1.54, 1.807) is 26.8 Å². The zero-order chi connectivity index (χ0) is 22.2. The average molecular weight is 484 g/mol. The topological polar surface area (TPSA) is 102 Å². The molecule has 1 saturated heterocycles. The third-order valence-electron chi connectivity index (χ3n) is 5.56. The molecule has 1 aromatic rings. The highest BCUT2D eigenvalue weighted by atomic mass is 79.9. The van der Waals surface area contributed by atoms with Crippen LogP contribution in [-0.2, 0) is 20.7 Å². The molecule has 0 aromatic heterocycles. The third-order valence-corrected chi connectivity index (χ3v) is 6.05. The lowest BCUT2D eigenvalue weighted by Gasteiger charge is -2.36. The van der Waals surface area contributed by atoms with Crippen molar-refractivity contribution in [2.75, 3.05) is 0 Å². The maximum atomic E-state index is 14.2. The Balaban J connectivity index is 1.75. The maximum absolute atomic E-state index is 14.2. The van der Waals surface area contributed by atoms with Crippen molar-refractivity contribution in [3.63, 3.8) is 0 Å². The summed E-state index contributed by atoms with van der Waals surface area (Å²) in [5, 5.41) is 2.64. The molecule has 30 heavy (non-hydrogen) atoms. The standard InChI is InChI=1S/C21H27BrFN3O4/c1-21(2,3)30-20(29)26-14-7-5-12(8-14)17(26)19(28)25-16(18(24)27)9-11-4-6-13(22)10-15(11)23/h4,6,10,12,14,16-17H,5,7-9H2,1-3H3,(H2,24,27)(H,25,28)/t12-,14+,16-,17-/m0/s1. The smallest absolute Gasteiger partial charge is 0.411 e. The van der Waals surface area contributed by atoms with Gasteiger partial charge in [0.2, 0.25) is 11.8 Å². The minimum Gasteiger partial charge on any atom is -0.444 e.